The number of hydrogen-bond acceptors (Lipinski definition) is 4. The van der Waals surface area contributed by atoms with E-state index in [9.17, 15) is 0 Å². The molecule has 2 rings (SSSR count). The van der Waals surface area contributed by atoms with Crippen LogP contribution in [0.25, 0.3) is 5.65 Å². The van der Waals surface area contributed by atoms with Gasteiger partial charge >= 0.3 is 0 Å². The van der Waals surface area contributed by atoms with Crippen molar-refractivity contribution in [3.63, 3.8) is 0 Å². The molecule has 0 unspecified atom stereocenters. The molecule has 0 fully saturated rings. The van der Waals surface area contributed by atoms with E-state index in [0.29, 0.717) is 29.0 Å². The molecular formula is C10H13BrCl3N5. The number of nitrogen functional groups attached to an aromatic ring is 1. The first-order valence-electron chi connectivity index (χ1n) is 4.70. The van der Waals surface area contributed by atoms with E-state index in [1.54, 1.807) is 16.8 Å². The van der Waals surface area contributed by atoms with Crippen molar-refractivity contribution in [2.24, 2.45) is 5.73 Å². The van der Waals surface area contributed by atoms with Crippen LogP contribution in [0.5, 0.6) is 0 Å². The number of nitrogens with zero attached hydrogens (tertiary/aromatic N) is 3. The third-order valence-corrected chi connectivity index (χ3v) is 2.36. The first kappa shape index (κ1) is 20.6. The molecule has 0 radical (unpaired) electrons. The largest absolute Gasteiger partial charge is 0.381 e. The number of hydrogen-bond donors (Lipinski definition) is 2. The smallest absolute Gasteiger partial charge is 0.180 e. The van der Waals surface area contributed by atoms with Crippen molar-refractivity contribution in [1.82, 2.24) is 14.4 Å². The molecule has 9 heteroatoms. The Morgan fingerprint density at radius 2 is 2.00 bits per heavy atom. The zero-order chi connectivity index (χ0) is 11.5. The standard InChI is InChI=1S/C10H10BrN5.3ClH/c11-8-6-16-7(3-1-2-4-12)5-14-10(16)9(13)15-8;;;/h5-6H,2,4,12H2,(H2,13,15);3*1H. The molecule has 2 aromatic rings. The van der Waals surface area contributed by atoms with E-state index in [0.717, 1.165) is 5.69 Å². The highest BCUT2D eigenvalue weighted by Crippen LogP contribution is 2.15. The number of nitrogens with two attached hydrogens (primary N) is 2. The fraction of sp³-hybridized carbons (Fsp3) is 0.200. The van der Waals surface area contributed by atoms with E-state index in [2.05, 4.69) is 37.7 Å². The molecule has 4 N–H and O–H groups in total. The summed E-state index contributed by atoms with van der Waals surface area (Å²) in [5.74, 6) is 6.32. The molecule has 0 bridgehead atoms. The van der Waals surface area contributed by atoms with E-state index < -0.39 is 0 Å². The maximum Gasteiger partial charge on any atom is 0.180 e. The summed E-state index contributed by atoms with van der Waals surface area (Å²) in [6, 6.07) is 0. The minimum atomic E-state index is 0. The third-order valence-electron chi connectivity index (χ3n) is 1.97. The molecule has 0 aliphatic heterocycles. The Bertz CT molecular complexity index is 590. The Labute approximate surface area is 137 Å². The predicted octanol–water partition coefficient (Wildman–Crippen LogP) is 2.04. The maximum atomic E-state index is 5.73. The van der Waals surface area contributed by atoms with Gasteiger partial charge in [0, 0.05) is 19.2 Å². The van der Waals surface area contributed by atoms with Crippen LogP contribution >= 0.6 is 53.2 Å². The average molecular weight is 390 g/mol. The van der Waals surface area contributed by atoms with Crippen LogP contribution in [0.2, 0.25) is 0 Å². The Hall–Kier alpha value is -0.710. The first-order chi connectivity index (χ1) is 7.72. The highest BCUT2D eigenvalue weighted by molar-refractivity contribution is 9.10. The van der Waals surface area contributed by atoms with Crippen molar-refractivity contribution in [2.75, 3.05) is 12.3 Å². The minimum absolute atomic E-state index is 0. The lowest BCUT2D eigenvalue weighted by atomic mass is 10.4. The second-order valence-electron chi connectivity index (χ2n) is 3.13. The van der Waals surface area contributed by atoms with Gasteiger partial charge in [-0.15, -0.1) is 37.2 Å². The molecule has 0 amide bonds. The van der Waals surface area contributed by atoms with Gasteiger partial charge in [0.2, 0.25) is 0 Å². The summed E-state index contributed by atoms with van der Waals surface area (Å²) in [6.45, 7) is 0.553. The van der Waals surface area contributed by atoms with Crippen molar-refractivity contribution >= 4 is 64.6 Å². The Kier molecular flexibility index (Phi) is 10.0. The Morgan fingerprint density at radius 3 is 2.63 bits per heavy atom. The fourth-order valence-corrected chi connectivity index (χ4v) is 1.69. The van der Waals surface area contributed by atoms with Crippen LogP contribution < -0.4 is 11.5 Å². The minimum Gasteiger partial charge on any atom is -0.381 e. The van der Waals surface area contributed by atoms with E-state index in [1.165, 1.54) is 0 Å². The molecule has 0 aromatic carbocycles. The second kappa shape index (κ2) is 9.23. The molecule has 2 heterocycles. The average Bonchev–Trinajstić information content (AvgIpc) is 2.62. The normalized spacial score (nSPS) is 8.53. The van der Waals surface area contributed by atoms with Gasteiger partial charge in [-0.25, -0.2) is 9.97 Å². The monoisotopic (exact) mass is 387 g/mol. The summed E-state index contributed by atoms with van der Waals surface area (Å²) in [5, 5.41) is 0. The summed E-state index contributed by atoms with van der Waals surface area (Å²) < 4.78 is 2.45. The zero-order valence-electron chi connectivity index (χ0n) is 9.67. The Balaban J connectivity index is 0. The molecule has 0 atom stereocenters. The van der Waals surface area contributed by atoms with Gasteiger partial charge < -0.3 is 11.5 Å². The van der Waals surface area contributed by atoms with Crippen molar-refractivity contribution < 1.29 is 0 Å². The first-order valence-corrected chi connectivity index (χ1v) is 5.49. The summed E-state index contributed by atoms with van der Waals surface area (Å²) in [6.07, 6.45) is 4.11. The third kappa shape index (κ3) is 4.71. The zero-order valence-corrected chi connectivity index (χ0v) is 13.7. The highest BCUT2D eigenvalue weighted by atomic mass is 79.9. The van der Waals surface area contributed by atoms with Crippen molar-refractivity contribution in [3.05, 3.63) is 22.7 Å². The summed E-state index contributed by atoms with van der Waals surface area (Å²) in [4.78, 5) is 8.21. The highest BCUT2D eigenvalue weighted by Gasteiger charge is 2.06. The van der Waals surface area contributed by atoms with Gasteiger partial charge in [0.1, 0.15) is 10.3 Å². The van der Waals surface area contributed by atoms with Gasteiger partial charge in [0.05, 0.1) is 6.20 Å². The van der Waals surface area contributed by atoms with Crippen LogP contribution in [0.1, 0.15) is 12.1 Å². The van der Waals surface area contributed by atoms with E-state index in [1.807, 2.05) is 0 Å². The van der Waals surface area contributed by atoms with Crippen molar-refractivity contribution in [3.8, 4) is 11.8 Å². The van der Waals surface area contributed by atoms with Crippen LogP contribution in [0.4, 0.5) is 5.82 Å². The van der Waals surface area contributed by atoms with Gasteiger partial charge in [0.25, 0.3) is 0 Å². The molecule has 5 nitrogen and oxygen atoms in total. The maximum absolute atomic E-state index is 5.73. The lowest BCUT2D eigenvalue weighted by molar-refractivity contribution is 1.03. The molecule has 106 valence electrons. The van der Waals surface area contributed by atoms with Crippen molar-refractivity contribution in [2.45, 2.75) is 6.42 Å². The van der Waals surface area contributed by atoms with Crippen LogP contribution in [0.15, 0.2) is 17.0 Å². The van der Waals surface area contributed by atoms with Gasteiger partial charge in [0.15, 0.2) is 11.5 Å². The van der Waals surface area contributed by atoms with E-state index in [-0.39, 0.29) is 37.2 Å². The number of halogens is 4. The van der Waals surface area contributed by atoms with Gasteiger partial charge in [-0.05, 0) is 21.9 Å². The molecular weight excluding hydrogens is 376 g/mol. The van der Waals surface area contributed by atoms with Crippen LogP contribution in [-0.2, 0) is 0 Å². The van der Waals surface area contributed by atoms with Gasteiger partial charge in [-0.1, -0.05) is 5.92 Å². The lowest BCUT2D eigenvalue weighted by Crippen LogP contribution is -1.98. The molecule has 2 aromatic heterocycles. The van der Waals surface area contributed by atoms with Crippen LogP contribution in [-0.4, -0.2) is 20.9 Å². The van der Waals surface area contributed by atoms with E-state index in [4.69, 9.17) is 11.5 Å². The SMILES string of the molecule is Cl.Cl.Cl.NCCC#Cc1cnc2c(N)nc(Br)cn12. The topological polar surface area (TPSA) is 82.2 Å². The lowest BCUT2D eigenvalue weighted by Gasteiger charge is -1.99. The summed E-state index contributed by atoms with van der Waals surface area (Å²) in [7, 11) is 0. The Morgan fingerprint density at radius 1 is 1.32 bits per heavy atom. The van der Waals surface area contributed by atoms with Gasteiger partial charge in [-0.2, -0.15) is 0 Å². The molecule has 19 heavy (non-hydrogen) atoms. The van der Waals surface area contributed by atoms with Crippen LogP contribution in [0.3, 0.4) is 0 Å². The quantitative estimate of drug-likeness (QED) is 0.732. The summed E-state index contributed by atoms with van der Waals surface area (Å²) in [5.41, 5.74) is 12.5. The fourth-order valence-electron chi connectivity index (χ4n) is 1.30. The molecule has 0 saturated carbocycles. The van der Waals surface area contributed by atoms with Gasteiger partial charge in [-0.3, -0.25) is 4.40 Å². The molecule has 0 saturated heterocycles. The molecule has 0 aliphatic rings. The number of aromatic nitrogens is 3. The molecule has 0 aliphatic carbocycles. The number of imidazole rings is 1. The number of fused-ring (bicyclic) bond motifs is 1. The summed E-state index contributed by atoms with van der Waals surface area (Å²) >= 11 is 3.28. The number of anilines is 1. The second-order valence-corrected chi connectivity index (χ2v) is 3.94. The number of rotatable bonds is 1. The predicted molar refractivity (Wildman–Crippen MR) is 87.4 cm³/mol. The van der Waals surface area contributed by atoms with E-state index >= 15 is 0 Å². The van der Waals surface area contributed by atoms with Crippen LogP contribution in [0, 0.1) is 11.8 Å². The molecule has 0 spiro atoms. The van der Waals surface area contributed by atoms with Crippen molar-refractivity contribution in [1.29, 1.82) is 0 Å².